The van der Waals surface area contributed by atoms with E-state index in [1.165, 1.54) is 143 Å². The molecule has 1 fully saturated rings. The second kappa shape index (κ2) is 17.0. The lowest BCUT2D eigenvalue weighted by Crippen LogP contribution is -2.28. The molecule has 2 aliphatic carbocycles. The molecule has 0 radical (unpaired) electrons. The van der Waals surface area contributed by atoms with Crippen LogP contribution in [0.4, 0.5) is 0 Å². The van der Waals surface area contributed by atoms with E-state index in [-0.39, 0.29) is 5.41 Å². The van der Waals surface area contributed by atoms with E-state index in [2.05, 4.69) is 243 Å². The van der Waals surface area contributed by atoms with Crippen LogP contribution in [-0.4, -0.2) is 0 Å². The number of hydrogen-bond donors (Lipinski definition) is 0. The second-order valence-electron chi connectivity index (χ2n) is 18.4. The summed E-state index contributed by atoms with van der Waals surface area (Å²) in [6, 6.07) is 81.3. The summed E-state index contributed by atoms with van der Waals surface area (Å²) >= 11 is 0. The molecule has 314 valence electrons. The Morgan fingerprint density at radius 1 is 0.273 bits per heavy atom. The first-order valence-electron chi connectivity index (χ1n) is 23.7. The first kappa shape index (κ1) is 39.8. The molecule has 1 saturated carbocycles. The third-order valence-corrected chi connectivity index (χ3v) is 14.4. The van der Waals surface area contributed by atoms with Gasteiger partial charge in [0.1, 0.15) is 0 Å². The molecular weight excluding hydrogens is 793 g/mol. The second-order valence-corrected chi connectivity index (χ2v) is 18.4. The molecule has 12 rings (SSSR count). The van der Waals surface area contributed by atoms with Gasteiger partial charge in [-0.1, -0.05) is 213 Å². The largest absolute Gasteiger partial charge is 0.0622 e. The van der Waals surface area contributed by atoms with Crippen LogP contribution in [0.2, 0.25) is 0 Å². The van der Waals surface area contributed by atoms with Crippen LogP contribution in [0.5, 0.6) is 0 Å². The Kier molecular flexibility index (Phi) is 10.2. The quantitative estimate of drug-likeness (QED) is 0.134. The fraction of sp³-hybridized carbons (Fsp3) is 0.0909. The van der Waals surface area contributed by atoms with E-state index in [1.807, 2.05) is 0 Å². The molecule has 10 aromatic rings. The third-order valence-electron chi connectivity index (χ3n) is 14.4. The van der Waals surface area contributed by atoms with Crippen molar-refractivity contribution >= 4 is 45.8 Å². The molecular formula is C66H50. The predicted molar refractivity (Wildman–Crippen MR) is 283 cm³/mol. The molecule has 1 spiro atoms. The van der Waals surface area contributed by atoms with Gasteiger partial charge in [-0.25, -0.2) is 0 Å². The molecule has 0 bridgehead atoms. The highest BCUT2D eigenvalue weighted by Crippen LogP contribution is 2.57. The van der Waals surface area contributed by atoms with E-state index in [0.717, 1.165) is 0 Å². The fourth-order valence-corrected chi connectivity index (χ4v) is 11.2. The van der Waals surface area contributed by atoms with Crippen LogP contribution in [-0.2, 0) is 5.41 Å². The summed E-state index contributed by atoms with van der Waals surface area (Å²) in [4.78, 5) is 0. The fourth-order valence-electron chi connectivity index (χ4n) is 11.2. The third kappa shape index (κ3) is 7.39. The molecule has 0 saturated heterocycles. The Balaban J connectivity index is 0.981. The molecule has 0 heteroatoms. The predicted octanol–water partition coefficient (Wildman–Crippen LogP) is 18.2. The minimum atomic E-state index is -0.0263. The standard InChI is InChI=1S/C66H50/c1-4-16-46(17-5-1)28-30-48-38-54(42-56(40-48)60-26-14-22-50-20-8-10-24-58(50)60)52-32-34-62-63-35-33-53(45-65(63)66(64(62)44-52)36-12-3-13-37-66)55-39-49(31-29-47-18-6-2-7-19-47)41-57(43-55)61-27-15-23-51-21-9-11-25-59(51)61/h1-2,4-11,14-35,38-45H,3,12-13,36-37H2/b30-28+,31-29+. The van der Waals surface area contributed by atoms with Crippen molar-refractivity contribution in [1.29, 1.82) is 0 Å². The SMILES string of the molecule is C(=C\c1cc(-c2ccc3c(c2)C2(CCCCC2)c2cc(-c4cc(/C=C/c5ccccc5)cc(-c5cccc6ccccc56)c4)ccc2-3)cc(-c2cccc3ccccc23)c1)/c1ccccc1. The zero-order valence-corrected chi connectivity index (χ0v) is 37.1. The molecule has 0 aliphatic heterocycles. The molecule has 0 amide bonds. The molecule has 0 heterocycles. The first-order valence-corrected chi connectivity index (χ1v) is 23.7. The highest BCUT2D eigenvalue weighted by Gasteiger charge is 2.44. The number of rotatable bonds is 8. The Morgan fingerprint density at radius 3 is 1.17 bits per heavy atom. The zero-order chi connectivity index (χ0) is 43.9. The van der Waals surface area contributed by atoms with Gasteiger partial charge in [0.25, 0.3) is 0 Å². The lowest BCUT2D eigenvalue weighted by Gasteiger charge is -2.36. The van der Waals surface area contributed by atoms with Crippen LogP contribution < -0.4 is 0 Å². The summed E-state index contributed by atoms with van der Waals surface area (Å²) in [7, 11) is 0. The van der Waals surface area contributed by atoms with Crippen molar-refractivity contribution in [2.45, 2.75) is 37.5 Å². The van der Waals surface area contributed by atoms with Crippen LogP contribution in [0.25, 0.3) is 101 Å². The summed E-state index contributed by atoms with van der Waals surface area (Å²) in [6.45, 7) is 0. The summed E-state index contributed by atoms with van der Waals surface area (Å²) < 4.78 is 0. The summed E-state index contributed by atoms with van der Waals surface area (Å²) in [5, 5.41) is 5.07. The lowest BCUT2D eigenvalue weighted by molar-refractivity contribution is 0.353. The molecule has 0 N–H and O–H groups in total. The van der Waals surface area contributed by atoms with E-state index in [9.17, 15) is 0 Å². The van der Waals surface area contributed by atoms with Crippen LogP contribution in [0.1, 0.15) is 65.5 Å². The van der Waals surface area contributed by atoms with E-state index >= 15 is 0 Å². The van der Waals surface area contributed by atoms with Gasteiger partial charge in [0.15, 0.2) is 0 Å². The smallest absolute Gasteiger partial charge is 0.0215 e. The van der Waals surface area contributed by atoms with Crippen molar-refractivity contribution in [3.05, 3.63) is 252 Å². The van der Waals surface area contributed by atoms with E-state index in [1.54, 1.807) is 0 Å². The van der Waals surface area contributed by atoms with E-state index < -0.39 is 0 Å². The molecule has 0 aromatic heterocycles. The summed E-state index contributed by atoms with van der Waals surface area (Å²) in [5.41, 5.74) is 20.6. The number of benzene rings is 10. The van der Waals surface area contributed by atoms with Crippen molar-refractivity contribution in [3.63, 3.8) is 0 Å². The Bertz CT molecular complexity index is 3250. The van der Waals surface area contributed by atoms with Crippen LogP contribution in [0.15, 0.2) is 218 Å². The lowest BCUT2D eigenvalue weighted by atomic mass is 9.67. The van der Waals surface area contributed by atoms with Gasteiger partial charge in [0.05, 0.1) is 0 Å². The maximum atomic E-state index is 2.57. The van der Waals surface area contributed by atoms with Crippen molar-refractivity contribution in [2.75, 3.05) is 0 Å². The van der Waals surface area contributed by atoms with Crippen molar-refractivity contribution in [2.24, 2.45) is 0 Å². The maximum Gasteiger partial charge on any atom is 0.0215 e. The molecule has 10 aromatic carbocycles. The Hall–Kier alpha value is -7.80. The molecule has 0 unspecified atom stereocenters. The molecule has 2 aliphatic rings. The van der Waals surface area contributed by atoms with E-state index in [0.29, 0.717) is 0 Å². The average molecular weight is 843 g/mol. The van der Waals surface area contributed by atoms with Gasteiger partial charge < -0.3 is 0 Å². The highest BCUT2D eigenvalue weighted by atomic mass is 14.5. The number of hydrogen-bond acceptors (Lipinski definition) is 0. The van der Waals surface area contributed by atoms with Crippen LogP contribution in [0.3, 0.4) is 0 Å². The minimum Gasteiger partial charge on any atom is -0.0622 e. The molecule has 0 nitrogen and oxygen atoms in total. The highest BCUT2D eigenvalue weighted by molar-refractivity contribution is 5.99. The van der Waals surface area contributed by atoms with Crippen molar-refractivity contribution in [3.8, 4) is 55.6 Å². The Morgan fingerprint density at radius 2 is 0.682 bits per heavy atom. The zero-order valence-electron chi connectivity index (χ0n) is 37.1. The Labute approximate surface area is 388 Å². The van der Waals surface area contributed by atoms with Gasteiger partial charge in [-0.3, -0.25) is 0 Å². The van der Waals surface area contributed by atoms with E-state index in [4.69, 9.17) is 0 Å². The monoisotopic (exact) mass is 842 g/mol. The summed E-state index contributed by atoms with van der Waals surface area (Å²) in [5.74, 6) is 0. The van der Waals surface area contributed by atoms with Gasteiger partial charge in [-0.15, -0.1) is 0 Å². The number of fused-ring (bicyclic) bond motifs is 7. The topological polar surface area (TPSA) is 0 Å². The average Bonchev–Trinajstić information content (AvgIpc) is 3.64. The summed E-state index contributed by atoms with van der Waals surface area (Å²) in [6.07, 6.45) is 15.1. The van der Waals surface area contributed by atoms with Crippen LogP contribution >= 0.6 is 0 Å². The maximum absolute atomic E-state index is 2.57. The minimum absolute atomic E-state index is 0.0263. The first-order chi connectivity index (χ1) is 32.6. The molecule has 66 heavy (non-hydrogen) atoms. The van der Waals surface area contributed by atoms with Gasteiger partial charge >= 0.3 is 0 Å². The van der Waals surface area contributed by atoms with Crippen molar-refractivity contribution in [1.82, 2.24) is 0 Å². The van der Waals surface area contributed by atoms with Gasteiger partial charge in [0, 0.05) is 5.41 Å². The van der Waals surface area contributed by atoms with Crippen LogP contribution in [0, 0.1) is 0 Å². The van der Waals surface area contributed by atoms with Gasteiger partial charge in [-0.05, 0) is 172 Å². The van der Waals surface area contributed by atoms with Gasteiger partial charge in [0.2, 0.25) is 0 Å². The molecule has 0 atom stereocenters. The van der Waals surface area contributed by atoms with Gasteiger partial charge in [-0.2, -0.15) is 0 Å². The van der Waals surface area contributed by atoms with Crippen molar-refractivity contribution < 1.29 is 0 Å². The normalized spacial score (nSPS) is 14.1.